The number of nitrogens with one attached hydrogen (secondary N) is 2. The van der Waals surface area contributed by atoms with Crippen LogP contribution in [0.3, 0.4) is 0 Å². The Morgan fingerprint density at radius 2 is 1.48 bits per heavy atom. The Morgan fingerprint density at radius 1 is 0.815 bits per heavy atom. The second kappa shape index (κ2) is 8.76. The molecule has 0 radical (unpaired) electrons. The van der Waals surface area contributed by atoms with Crippen molar-refractivity contribution in [3.63, 3.8) is 0 Å². The highest BCUT2D eigenvalue weighted by molar-refractivity contribution is 5.99. The fourth-order valence-corrected chi connectivity index (χ4v) is 2.57. The lowest BCUT2D eigenvalue weighted by Crippen LogP contribution is -2.25. The average molecular weight is 359 g/mol. The summed E-state index contributed by atoms with van der Waals surface area (Å²) in [6.45, 7) is 2.80. The van der Waals surface area contributed by atoms with E-state index in [1.165, 1.54) is 5.56 Å². The molecule has 0 fully saturated rings. The van der Waals surface area contributed by atoms with Crippen molar-refractivity contribution in [1.82, 2.24) is 15.6 Å². The lowest BCUT2D eigenvalue weighted by Gasteiger charge is -2.08. The first-order valence-corrected chi connectivity index (χ1v) is 8.74. The topological polar surface area (TPSA) is 71.1 Å². The monoisotopic (exact) mass is 359 g/mol. The van der Waals surface area contributed by atoms with Gasteiger partial charge in [-0.25, -0.2) is 0 Å². The summed E-state index contributed by atoms with van der Waals surface area (Å²) in [6, 6.07) is 20.2. The summed E-state index contributed by atoms with van der Waals surface area (Å²) in [5.74, 6) is -0.455. The molecule has 0 aliphatic heterocycles. The largest absolute Gasteiger partial charge is 0.348 e. The summed E-state index contributed by atoms with van der Waals surface area (Å²) < 4.78 is 0. The van der Waals surface area contributed by atoms with Gasteiger partial charge in [0.2, 0.25) is 0 Å². The van der Waals surface area contributed by atoms with Crippen LogP contribution in [0.2, 0.25) is 0 Å². The molecule has 136 valence electrons. The number of nitrogens with zero attached hydrogens (tertiary/aromatic N) is 1. The van der Waals surface area contributed by atoms with Crippen LogP contribution < -0.4 is 10.6 Å². The number of amides is 2. The predicted molar refractivity (Wildman–Crippen MR) is 104 cm³/mol. The molecular weight excluding hydrogens is 338 g/mol. The third-order valence-corrected chi connectivity index (χ3v) is 4.12. The minimum Gasteiger partial charge on any atom is -0.348 e. The van der Waals surface area contributed by atoms with E-state index in [1.807, 2.05) is 49.4 Å². The molecule has 0 bridgehead atoms. The Hall–Kier alpha value is -3.47. The number of aryl methyl sites for hydroxylation is 1. The van der Waals surface area contributed by atoms with Gasteiger partial charge in [-0.05, 0) is 42.8 Å². The number of carbonyl (C=O) groups is 2. The van der Waals surface area contributed by atoms with Gasteiger partial charge < -0.3 is 10.6 Å². The number of hydrogen-bond acceptors (Lipinski definition) is 3. The van der Waals surface area contributed by atoms with Crippen LogP contribution in [0.4, 0.5) is 0 Å². The standard InChI is InChI=1S/C22H21N3O2/c1-16-8-10-17(11-9-16)14-24-21(26)18-5-4-6-19(13-18)22(27)25-15-20-7-2-3-12-23-20/h2-13H,14-15H2,1H3,(H,24,26)(H,25,27). The lowest BCUT2D eigenvalue weighted by molar-refractivity contribution is 0.0950. The van der Waals surface area contributed by atoms with Crippen LogP contribution in [0.25, 0.3) is 0 Å². The third kappa shape index (κ3) is 5.25. The summed E-state index contributed by atoms with van der Waals surface area (Å²) in [4.78, 5) is 28.9. The van der Waals surface area contributed by atoms with E-state index in [2.05, 4.69) is 15.6 Å². The third-order valence-electron chi connectivity index (χ3n) is 4.12. The Kier molecular flexibility index (Phi) is 5.94. The molecule has 1 aromatic heterocycles. The van der Waals surface area contributed by atoms with Crippen molar-refractivity contribution in [2.45, 2.75) is 20.0 Å². The molecule has 3 rings (SSSR count). The summed E-state index contributed by atoms with van der Waals surface area (Å²) in [5.41, 5.74) is 3.87. The second-order valence-corrected chi connectivity index (χ2v) is 6.25. The van der Waals surface area contributed by atoms with Crippen molar-refractivity contribution in [3.05, 3.63) is 101 Å². The first kappa shape index (κ1) is 18.3. The summed E-state index contributed by atoms with van der Waals surface area (Å²) >= 11 is 0. The molecule has 2 aromatic carbocycles. The van der Waals surface area contributed by atoms with E-state index in [1.54, 1.807) is 30.5 Å². The Morgan fingerprint density at radius 3 is 2.11 bits per heavy atom. The SMILES string of the molecule is Cc1ccc(CNC(=O)c2cccc(C(=O)NCc3ccccn3)c2)cc1. The van der Waals surface area contributed by atoms with Crippen molar-refractivity contribution in [2.24, 2.45) is 0 Å². The minimum atomic E-state index is -0.242. The number of carbonyl (C=O) groups excluding carboxylic acids is 2. The van der Waals surface area contributed by atoms with Crippen molar-refractivity contribution < 1.29 is 9.59 Å². The molecule has 0 unspecified atom stereocenters. The molecule has 27 heavy (non-hydrogen) atoms. The molecule has 2 amide bonds. The van der Waals surface area contributed by atoms with Gasteiger partial charge in [-0.3, -0.25) is 14.6 Å². The fourth-order valence-electron chi connectivity index (χ4n) is 2.57. The van der Waals surface area contributed by atoms with Gasteiger partial charge >= 0.3 is 0 Å². The van der Waals surface area contributed by atoms with Gasteiger partial charge in [-0.2, -0.15) is 0 Å². The van der Waals surface area contributed by atoms with Crippen molar-refractivity contribution in [3.8, 4) is 0 Å². The van der Waals surface area contributed by atoms with Crippen LogP contribution in [-0.2, 0) is 13.1 Å². The number of aromatic nitrogens is 1. The van der Waals surface area contributed by atoms with Crippen LogP contribution in [0.15, 0.2) is 72.9 Å². The zero-order chi connectivity index (χ0) is 19.1. The molecule has 5 nitrogen and oxygen atoms in total. The lowest BCUT2D eigenvalue weighted by atomic mass is 10.1. The first-order chi connectivity index (χ1) is 13.1. The summed E-state index contributed by atoms with van der Waals surface area (Å²) in [6.07, 6.45) is 1.68. The fraction of sp³-hybridized carbons (Fsp3) is 0.136. The van der Waals surface area contributed by atoms with Crippen molar-refractivity contribution in [1.29, 1.82) is 0 Å². The average Bonchev–Trinajstić information content (AvgIpc) is 2.72. The minimum absolute atomic E-state index is 0.213. The predicted octanol–water partition coefficient (Wildman–Crippen LogP) is 3.25. The van der Waals surface area contributed by atoms with Gasteiger partial charge in [0.15, 0.2) is 0 Å². The Balaban J connectivity index is 1.59. The number of benzene rings is 2. The summed E-state index contributed by atoms with van der Waals surface area (Å²) in [7, 11) is 0. The van der Waals surface area contributed by atoms with Gasteiger partial charge in [0.05, 0.1) is 12.2 Å². The summed E-state index contributed by atoms with van der Waals surface area (Å²) in [5, 5.41) is 5.69. The van der Waals surface area contributed by atoms with Gasteiger partial charge in [0, 0.05) is 23.9 Å². The maximum absolute atomic E-state index is 12.4. The first-order valence-electron chi connectivity index (χ1n) is 8.74. The van der Waals surface area contributed by atoms with Gasteiger partial charge in [0.25, 0.3) is 11.8 Å². The van der Waals surface area contributed by atoms with E-state index in [0.29, 0.717) is 24.2 Å². The van der Waals surface area contributed by atoms with Crippen LogP contribution in [0.5, 0.6) is 0 Å². The van der Waals surface area contributed by atoms with Gasteiger partial charge in [-0.1, -0.05) is 42.0 Å². The van der Waals surface area contributed by atoms with Crippen LogP contribution in [0.1, 0.15) is 37.5 Å². The van der Waals surface area contributed by atoms with Crippen LogP contribution in [-0.4, -0.2) is 16.8 Å². The van der Waals surface area contributed by atoms with Gasteiger partial charge in [0.1, 0.15) is 0 Å². The van der Waals surface area contributed by atoms with E-state index < -0.39 is 0 Å². The van der Waals surface area contributed by atoms with E-state index in [9.17, 15) is 9.59 Å². The van der Waals surface area contributed by atoms with Crippen molar-refractivity contribution >= 4 is 11.8 Å². The normalized spacial score (nSPS) is 10.3. The van der Waals surface area contributed by atoms with Crippen molar-refractivity contribution in [2.75, 3.05) is 0 Å². The van der Waals surface area contributed by atoms with E-state index in [-0.39, 0.29) is 11.8 Å². The zero-order valence-electron chi connectivity index (χ0n) is 15.1. The quantitative estimate of drug-likeness (QED) is 0.710. The van der Waals surface area contributed by atoms with E-state index in [4.69, 9.17) is 0 Å². The van der Waals surface area contributed by atoms with E-state index in [0.717, 1.165) is 11.3 Å². The second-order valence-electron chi connectivity index (χ2n) is 6.25. The molecule has 0 aliphatic rings. The molecule has 5 heteroatoms. The Labute approximate surface area is 158 Å². The molecule has 1 heterocycles. The molecular formula is C22H21N3O2. The Bertz CT molecular complexity index is 922. The molecule has 0 saturated carbocycles. The smallest absolute Gasteiger partial charge is 0.251 e. The number of rotatable bonds is 6. The van der Waals surface area contributed by atoms with Gasteiger partial charge in [-0.15, -0.1) is 0 Å². The molecule has 0 atom stereocenters. The maximum atomic E-state index is 12.4. The molecule has 0 saturated heterocycles. The highest BCUT2D eigenvalue weighted by Gasteiger charge is 2.10. The zero-order valence-corrected chi connectivity index (χ0v) is 15.1. The molecule has 0 aliphatic carbocycles. The molecule has 2 N–H and O–H groups in total. The maximum Gasteiger partial charge on any atom is 0.251 e. The molecule has 3 aromatic rings. The highest BCUT2D eigenvalue weighted by Crippen LogP contribution is 2.07. The van der Waals surface area contributed by atoms with E-state index >= 15 is 0 Å². The molecule has 0 spiro atoms. The number of pyridine rings is 1. The van der Waals surface area contributed by atoms with Crippen LogP contribution in [0, 0.1) is 6.92 Å². The highest BCUT2D eigenvalue weighted by atomic mass is 16.2. The number of hydrogen-bond donors (Lipinski definition) is 2. The van der Waals surface area contributed by atoms with Crippen LogP contribution >= 0.6 is 0 Å².